The van der Waals surface area contributed by atoms with Crippen LogP contribution in [-0.4, -0.2) is 54.6 Å². The molecule has 1 rings (SSSR count). The summed E-state index contributed by atoms with van der Waals surface area (Å²) in [4.78, 5) is 5.57. The molecule has 0 aromatic heterocycles. The zero-order chi connectivity index (χ0) is 12.2. The fourth-order valence-electron chi connectivity index (χ4n) is 1.94. The van der Waals surface area contributed by atoms with Gasteiger partial charge in [-0.15, -0.1) is 0 Å². The van der Waals surface area contributed by atoms with Crippen LogP contribution in [0.3, 0.4) is 0 Å². The molecule has 0 saturated carbocycles. The fourth-order valence-corrected chi connectivity index (χ4v) is 2.04. The Hall–Kier alpha value is -0.190. The van der Waals surface area contributed by atoms with E-state index in [0.29, 0.717) is 4.99 Å². The maximum Gasteiger partial charge on any atom is 0.0784 e. The van der Waals surface area contributed by atoms with E-state index in [-0.39, 0.29) is 5.41 Å². The summed E-state index contributed by atoms with van der Waals surface area (Å²) in [6.07, 6.45) is 2.28. The van der Waals surface area contributed by atoms with Gasteiger partial charge in [0.05, 0.1) is 4.99 Å². The van der Waals surface area contributed by atoms with E-state index < -0.39 is 0 Å². The fraction of sp³-hybridized carbons (Fsp3) is 0.917. The number of hydrogen-bond donors (Lipinski definition) is 1. The van der Waals surface area contributed by atoms with Crippen molar-refractivity contribution in [3.8, 4) is 0 Å². The summed E-state index contributed by atoms with van der Waals surface area (Å²) in [5.74, 6) is 0. The molecule has 2 N–H and O–H groups in total. The highest BCUT2D eigenvalue weighted by Gasteiger charge is 2.21. The van der Waals surface area contributed by atoms with Crippen molar-refractivity contribution in [1.29, 1.82) is 0 Å². The third-order valence-electron chi connectivity index (χ3n) is 3.54. The van der Waals surface area contributed by atoms with Gasteiger partial charge in [0.15, 0.2) is 0 Å². The predicted molar refractivity (Wildman–Crippen MR) is 73.7 cm³/mol. The van der Waals surface area contributed by atoms with Crippen LogP contribution in [0.5, 0.6) is 0 Å². The Bertz CT molecular complexity index is 232. The second-order valence-corrected chi connectivity index (χ2v) is 5.94. The van der Waals surface area contributed by atoms with Gasteiger partial charge in [0.25, 0.3) is 0 Å². The molecule has 16 heavy (non-hydrogen) atoms. The topological polar surface area (TPSA) is 32.5 Å². The Morgan fingerprint density at radius 1 is 1.25 bits per heavy atom. The van der Waals surface area contributed by atoms with E-state index in [1.807, 2.05) is 0 Å². The van der Waals surface area contributed by atoms with E-state index in [4.69, 9.17) is 18.0 Å². The number of likely N-dealkylation sites (N-methyl/N-ethyl adjacent to an activating group) is 1. The van der Waals surface area contributed by atoms with Crippen LogP contribution < -0.4 is 5.73 Å². The van der Waals surface area contributed by atoms with Crippen LogP contribution in [0.25, 0.3) is 0 Å². The summed E-state index contributed by atoms with van der Waals surface area (Å²) in [6, 6.07) is 0. The molecule has 0 unspecified atom stereocenters. The Morgan fingerprint density at radius 3 is 2.31 bits per heavy atom. The summed E-state index contributed by atoms with van der Waals surface area (Å²) in [5, 5.41) is 0. The molecular weight excluding hydrogens is 218 g/mol. The summed E-state index contributed by atoms with van der Waals surface area (Å²) in [6.45, 7) is 10.2. The largest absolute Gasteiger partial charge is 0.393 e. The number of thiocarbonyl (C=S) groups is 1. The Labute approximate surface area is 105 Å². The zero-order valence-electron chi connectivity index (χ0n) is 10.8. The van der Waals surface area contributed by atoms with Gasteiger partial charge in [-0.1, -0.05) is 26.1 Å². The number of nitrogens with zero attached hydrogens (tertiary/aromatic N) is 2. The van der Waals surface area contributed by atoms with Crippen molar-refractivity contribution >= 4 is 17.2 Å². The molecular formula is C12H25N3S. The molecule has 1 heterocycles. The van der Waals surface area contributed by atoms with Crippen LogP contribution in [0.2, 0.25) is 0 Å². The molecule has 0 spiro atoms. The van der Waals surface area contributed by atoms with Crippen molar-refractivity contribution in [2.75, 3.05) is 39.8 Å². The van der Waals surface area contributed by atoms with Gasteiger partial charge in [0.2, 0.25) is 0 Å². The highest BCUT2D eigenvalue weighted by atomic mass is 32.1. The molecule has 1 aliphatic rings. The second kappa shape index (κ2) is 5.94. The molecule has 3 nitrogen and oxygen atoms in total. The van der Waals surface area contributed by atoms with Crippen molar-refractivity contribution < 1.29 is 0 Å². The van der Waals surface area contributed by atoms with E-state index in [2.05, 4.69) is 30.7 Å². The third kappa shape index (κ3) is 4.36. The molecule has 0 aliphatic carbocycles. The van der Waals surface area contributed by atoms with Gasteiger partial charge in [-0.2, -0.15) is 0 Å². The molecule has 1 aliphatic heterocycles. The van der Waals surface area contributed by atoms with E-state index in [9.17, 15) is 0 Å². The number of piperazine rings is 1. The third-order valence-corrected chi connectivity index (χ3v) is 4.09. The first kappa shape index (κ1) is 13.9. The minimum atomic E-state index is 0.0158. The molecule has 94 valence electrons. The molecule has 0 amide bonds. The van der Waals surface area contributed by atoms with Gasteiger partial charge in [0, 0.05) is 31.6 Å². The van der Waals surface area contributed by atoms with Crippen molar-refractivity contribution in [2.45, 2.75) is 26.7 Å². The van der Waals surface area contributed by atoms with E-state index >= 15 is 0 Å². The molecule has 0 aromatic rings. The van der Waals surface area contributed by atoms with Gasteiger partial charge in [-0.05, 0) is 26.4 Å². The Morgan fingerprint density at radius 2 is 1.81 bits per heavy atom. The second-order valence-electron chi connectivity index (χ2n) is 5.50. The van der Waals surface area contributed by atoms with Gasteiger partial charge in [-0.25, -0.2) is 0 Å². The van der Waals surface area contributed by atoms with Crippen LogP contribution in [0.1, 0.15) is 26.7 Å². The minimum absolute atomic E-state index is 0.0158. The molecule has 1 saturated heterocycles. The predicted octanol–water partition coefficient (Wildman–Crippen LogP) is 1.33. The number of nitrogens with two attached hydrogens (primary N) is 1. The summed E-state index contributed by atoms with van der Waals surface area (Å²) >= 11 is 5.07. The zero-order valence-corrected chi connectivity index (χ0v) is 11.6. The normalized spacial score (nSPS) is 19.9. The van der Waals surface area contributed by atoms with Gasteiger partial charge in [0.1, 0.15) is 0 Å². The lowest BCUT2D eigenvalue weighted by molar-refractivity contribution is 0.149. The summed E-state index contributed by atoms with van der Waals surface area (Å²) < 4.78 is 0. The first-order valence-electron chi connectivity index (χ1n) is 6.12. The maximum atomic E-state index is 5.72. The molecule has 1 fully saturated rings. The molecule has 0 bridgehead atoms. The quantitative estimate of drug-likeness (QED) is 0.738. The van der Waals surface area contributed by atoms with Crippen molar-refractivity contribution in [3.63, 3.8) is 0 Å². The molecule has 0 atom stereocenters. The van der Waals surface area contributed by atoms with E-state index in [1.165, 1.54) is 39.1 Å². The van der Waals surface area contributed by atoms with Crippen LogP contribution in [-0.2, 0) is 0 Å². The van der Waals surface area contributed by atoms with Crippen LogP contribution in [0, 0.1) is 5.41 Å². The minimum Gasteiger partial charge on any atom is -0.393 e. The van der Waals surface area contributed by atoms with E-state index in [0.717, 1.165) is 6.42 Å². The summed E-state index contributed by atoms with van der Waals surface area (Å²) in [7, 11) is 2.19. The van der Waals surface area contributed by atoms with Crippen LogP contribution in [0.15, 0.2) is 0 Å². The van der Waals surface area contributed by atoms with Crippen molar-refractivity contribution in [1.82, 2.24) is 9.80 Å². The first-order chi connectivity index (χ1) is 7.42. The standard InChI is InChI=1S/C12H25N3S/c1-12(2,11(13)16)5-4-6-15-9-7-14(3)8-10-15/h4-10H2,1-3H3,(H2,13,16). The molecule has 0 radical (unpaired) electrons. The smallest absolute Gasteiger partial charge is 0.0784 e. The highest BCUT2D eigenvalue weighted by Crippen LogP contribution is 2.22. The number of hydrogen-bond acceptors (Lipinski definition) is 3. The lowest BCUT2D eigenvalue weighted by Crippen LogP contribution is -2.44. The molecule has 4 heteroatoms. The van der Waals surface area contributed by atoms with Gasteiger partial charge >= 0.3 is 0 Å². The number of rotatable bonds is 5. The Kier molecular flexibility index (Phi) is 5.15. The monoisotopic (exact) mass is 243 g/mol. The SMILES string of the molecule is CN1CCN(CCCC(C)(C)C(N)=S)CC1. The average Bonchev–Trinajstić information content (AvgIpc) is 2.20. The summed E-state index contributed by atoms with van der Waals surface area (Å²) in [5.41, 5.74) is 5.73. The average molecular weight is 243 g/mol. The van der Waals surface area contributed by atoms with E-state index in [1.54, 1.807) is 0 Å². The Balaban J connectivity index is 2.18. The van der Waals surface area contributed by atoms with Crippen molar-refractivity contribution in [2.24, 2.45) is 11.1 Å². The van der Waals surface area contributed by atoms with Crippen molar-refractivity contribution in [3.05, 3.63) is 0 Å². The van der Waals surface area contributed by atoms with Crippen LogP contribution in [0.4, 0.5) is 0 Å². The van der Waals surface area contributed by atoms with Gasteiger partial charge < -0.3 is 15.5 Å². The maximum absolute atomic E-state index is 5.72. The lowest BCUT2D eigenvalue weighted by Gasteiger charge is -2.33. The van der Waals surface area contributed by atoms with Crippen LogP contribution >= 0.6 is 12.2 Å². The first-order valence-corrected chi connectivity index (χ1v) is 6.53. The highest BCUT2D eigenvalue weighted by molar-refractivity contribution is 7.80. The lowest BCUT2D eigenvalue weighted by atomic mass is 9.88. The van der Waals surface area contributed by atoms with Gasteiger partial charge in [-0.3, -0.25) is 0 Å². The molecule has 0 aromatic carbocycles.